The number of piperazine rings is 1. The second-order valence-corrected chi connectivity index (χ2v) is 7.62. The fourth-order valence-corrected chi connectivity index (χ4v) is 3.94. The molecule has 0 N–H and O–H groups in total. The van der Waals surface area contributed by atoms with Crippen LogP contribution in [0.3, 0.4) is 0 Å². The van der Waals surface area contributed by atoms with Crippen LogP contribution in [0.1, 0.15) is 22.3 Å². The first-order valence-corrected chi connectivity index (χ1v) is 9.78. The molecular weight excluding hydrogens is 362 g/mol. The largest absolute Gasteiger partial charge is 0.338 e. The Morgan fingerprint density at radius 2 is 1.96 bits per heavy atom. The summed E-state index contributed by atoms with van der Waals surface area (Å²) in [4.78, 5) is 22.0. The molecule has 0 radical (unpaired) electrons. The number of rotatable bonds is 5. The summed E-state index contributed by atoms with van der Waals surface area (Å²) in [6.07, 6.45) is 1.50. The van der Waals surface area contributed by atoms with E-state index in [2.05, 4.69) is 30.8 Å². The molecule has 1 aromatic carbocycles. The van der Waals surface area contributed by atoms with E-state index in [-0.39, 0.29) is 5.91 Å². The third kappa shape index (κ3) is 4.04. The second kappa shape index (κ2) is 7.93. The van der Waals surface area contributed by atoms with Crippen LogP contribution >= 0.6 is 11.3 Å². The van der Waals surface area contributed by atoms with Crippen LogP contribution in [0.4, 0.5) is 0 Å². The van der Waals surface area contributed by atoms with Crippen LogP contribution in [-0.4, -0.2) is 67.1 Å². The predicted octanol–water partition coefficient (Wildman–Crippen LogP) is 1.37. The highest BCUT2D eigenvalue weighted by Crippen LogP contribution is 2.21. The SMILES string of the molecule is Cc1nc(CN2CCN(C(=O)[C@H](c3ccccc3)n3cnnn3)CC2)cs1. The summed E-state index contributed by atoms with van der Waals surface area (Å²) < 4.78 is 1.53. The first kappa shape index (κ1) is 17.7. The fourth-order valence-electron chi connectivity index (χ4n) is 3.34. The van der Waals surface area contributed by atoms with Gasteiger partial charge in [-0.2, -0.15) is 0 Å². The minimum Gasteiger partial charge on any atom is -0.338 e. The van der Waals surface area contributed by atoms with E-state index < -0.39 is 6.04 Å². The van der Waals surface area contributed by atoms with Gasteiger partial charge in [0.15, 0.2) is 6.04 Å². The molecule has 0 unspecified atom stereocenters. The van der Waals surface area contributed by atoms with Crippen molar-refractivity contribution < 1.29 is 4.79 Å². The summed E-state index contributed by atoms with van der Waals surface area (Å²) in [7, 11) is 0. The molecular formula is C18H21N7OS. The molecule has 0 saturated carbocycles. The van der Waals surface area contributed by atoms with Gasteiger partial charge in [0.25, 0.3) is 5.91 Å². The zero-order valence-electron chi connectivity index (χ0n) is 15.1. The van der Waals surface area contributed by atoms with Gasteiger partial charge in [-0.1, -0.05) is 30.3 Å². The Hall–Kier alpha value is -2.65. The maximum Gasteiger partial charge on any atom is 0.252 e. The van der Waals surface area contributed by atoms with Crippen LogP contribution in [-0.2, 0) is 11.3 Å². The molecule has 4 rings (SSSR count). The van der Waals surface area contributed by atoms with Crippen molar-refractivity contribution in [3.63, 3.8) is 0 Å². The highest BCUT2D eigenvalue weighted by Gasteiger charge is 2.30. The first-order chi connectivity index (χ1) is 13.2. The summed E-state index contributed by atoms with van der Waals surface area (Å²) in [5, 5.41) is 14.6. The summed E-state index contributed by atoms with van der Waals surface area (Å²) in [5.41, 5.74) is 1.99. The number of carbonyl (C=O) groups is 1. The van der Waals surface area contributed by atoms with Crippen molar-refractivity contribution in [1.82, 2.24) is 35.0 Å². The van der Waals surface area contributed by atoms with E-state index in [1.165, 1.54) is 11.0 Å². The Labute approximate surface area is 161 Å². The highest BCUT2D eigenvalue weighted by atomic mass is 32.1. The topological polar surface area (TPSA) is 80.0 Å². The molecule has 9 heteroatoms. The van der Waals surface area contributed by atoms with Gasteiger partial charge in [-0.3, -0.25) is 9.69 Å². The molecule has 1 amide bonds. The maximum atomic E-state index is 13.2. The number of benzene rings is 1. The van der Waals surface area contributed by atoms with Crippen LogP contribution in [0.2, 0.25) is 0 Å². The van der Waals surface area contributed by atoms with Crippen LogP contribution in [0, 0.1) is 6.92 Å². The van der Waals surface area contributed by atoms with E-state index in [0.717, 1.165) is 35.9 Å². The number of aryl methyl sites for hydroxylation is 1. The van der Waals surface area contributed by atoms with Gasteiger partial charge in [0.1, 0.15) is 6.33 Å². The summed E-state index contributed by atoms with van der Waals surface area (Å²) in [5.74, 6) is 0.0256. The molecule has 2 aromatic heterocycles. The predicted molar refractivity (Wildman–Crippen MR) is 101 cm³/mol. The summed E-state index contributed by atoms with van der Waals surface area (Å²) in [6, 6.07) is 9.12. The molecule has 1 fully saturated rings. The quantitative estimate of drug-likeness (QED) is 0.662. The van der Waals surface area contributed by atoms with Crippen LogP contribution in [0.15, 0.2) is 42.0 Å². The van der Waals surface area contributed by atoms with Crippen molar-refractivity contribution in [3.05, 3.63) is 58.3 Å². The van der Waals surface area contributed by atoms with E-state index in [1.54, 1.807) is 11.3 Å². The molecule has 0 spiro atoms. The normalized spacial score (nSPS) is 16.4. The number of hydrogen-bond donors (Lipinski definition) is 0. The molecule has 3 heterocycles. The lowest BCUT2D eigenvalue weighted by atomic mass is 10.1. The zero-order valence-corrected chi connectivity index (χ0v) is 15.9. The zero-order chi connectivity index (χ0) is 18.6. The first-order valence-electron chi connectivity index (χ1n) is 8.90. The Balaban J connectivity index is 1.44. The van der Waals surface area contributed by atoms with Gasteiger partial charge in [-0.05, 0) is 22.9 Å². The van der Waals surface area contributed by atoms with Gasteiger partial charge in [0.2, 0.25) is 0 Å². The fraction of sp³-hybridized carbons (Fsp3) is 0.389. The Kier molecular flexibility index (Phi) is 5.21. The number of hydrogen-bond acceptors (Lipinski definition) is 7. The second-order valence-electron chi connectivity index (χ2n) is 6.56. The minimum absolute atomic E-state index is 0.0256. The van der Waals surface area contributed by atoms with Gasteiger partial charge < -0.3 is 4.90 Å². The monoisotopic (exact) mass is 383 g/mol. The number of aromatic nitrogens is 5. The highest BCUT2D eigenvalue weighted by molar-refractivity contribution is 7.09. The number of amides is 1. The molecule has 0 aliphatic carbocycles. The number of carbonyl (C=O) groups excluding carboxylic acids is 1. The van der Waals surface area contributed by atoms with E-state index in [4.69, 9.17) is 0 Å². The van der Waals surface area contributed by atoms with E-state index in [9.17, 15) is 4.79 Å². The van der Waals surface area contributed by atoms with Crippen molar-refractivity contribution >= 4 is 17.2 Å². The molecule has 1 saturated heterocycles. The van der Waals surface area contributed by atoms with E-state index in [1.807, 2.05) is 42.2 Å². The number of thiazole rings is 1. The molecule has 3 aromatic rings. The number of tetrazole rings is 1. The molecule has 1 aliphatic rings. The average molecular weight is 383 g/mol. The maximum absolute atomic E-state index is 13.2. The van der Waals surface area contributed by atoms with Gasteiger partial charge in [-0.25, -0.2) is 9.67 Å². The van der Waals surface area contributed by atoms with Crippen molar-refractivity contribution in [3.8, 4) is 0 Å². The van der Waals surface area contributed by atoms with Crippen LogP contribution < -0.4 is 0 Å². The van der Waals surface area contributed by atoms with Gasteiger partial charge in [0, 0.05) is 38.1 Å². The summed E-state index contributed by atoms with van der Waals surface area (Å²) >= 11 is 1.67. The van der Waals surface area contributed by atoms with Crippen LogP contribution in [0.25, 0.3) is 0 Å². The van der Waals surface area contributed by atoms with Crippen molar-refractivity contribution in [2.24, 2.45) is 0 Å². The van der Waals surface area contributed by atoms with E-state index in [0.29, 0.717) is 13.1 Å². The van der Waals surface area contributed by atoms with E-state index >= 15 is 0 Å². The van der Waals surface area contributed by atoms with Crippen molar-refractivity contribution in [2.75, 3.05) is 26.2 Å². The standard InChI is InChI=1S/C18H21N7OS/c1-14-20-16(12-27-14)11-23-7-9-24(10-8-23)18(26)17(25-13-19-21-22-25)15-5-3-2-4-6-15/h2-6,12-13,17H,7-11H2,1H3/t17-/m0/s1. The molecule has 1 aliphatic heterocycles. The molecule has 8 nitrogen and oxygen atoms in total. The van der Waals surface area contributed by atoms with Gasteiger partial charge >= 0.3 is 0 Å². The lowest BCUT2D eigenvalue weighted by molar-refractivity contribution is -0.135. The Bertz CT molecular complexity index is 872. The Morgan fingerprint density at radius 3 is 2.59 bits per heavy atom. The third-order valence-corrected chi connectivity index (χ3v) is 5.54. The lowest BCUT2D eigenvalue weighted by Crippen LogP contribution is -2.50. The lowest BCUT2D eigenvalue weighted by Gasteiger charge is -2.36. The minimum atomic E-state index is -0.533. The molecule has 0 bridgehead atoms. The van der Waals surface area contributed by atoms with Crippen molar-refractivity contribution in [1.29, 1.82) is 0 Å². The Morgan fingerprint density at radius 1 is 1.19 bits per heavy atom. The molecule has 1 atom stereocenters. The van der Waals surface area contributed by atoms with Crippen LogP contribution in [0.5, 0.6) is 0 Å². The summed E-state index contributed by atoms with van der Waals surface area (Å²) in [6.45, 7) is 5.90. The van der Waals surface area contributed by atoms with Gasteiger partial charge in [0.05, 0.1) is 10.7 Å². The molecule has 140 valence electrons. The number of nitrogens with zero attached hydrogens (tertiary/aromatic N) is 7. The molecule has 27 heavy (non-hydrogen) atoms. The smallest absolute Gasteiger partial charge is 0.252 e. The third-order valence-electron chi connectivity index (χ3n) is 4.71. The van der Waals surface area contributed by atoms with Crippen molar-refractivity contribution in [2.45, 2.75) is 19.5 Å². The van der Waals surface area contributed by atoms with Gasteiger partial charge in [-0.15, -0.1) is 16.4 Å². The average Bonchev–Trinajstić information content (AvgIpc) is 3.36.